The third-order valence-electron chi connectivity index (χ3n) is 3.08. The van der Waals surface area contributed by atoms with Crippen molar-refractivity contribution in [3.63, 3.8) is 0 Å². The fraction of sp³-hybridized carbons (Fsp3) is 0.692. The van der Waals surface area contributed by atoms with Crippen LogP contribution in [0.1, 0.15) is 25.5 Å². The molecule has 1 aliphatic heterocycles. The molecule has 1 unspecified atom stereocenters. The summed E-state index contributed by atoms with van der Waals surface area (Å²) in [6.45, 7) is 6.77. The molecule has 1 aromatic heterocycles. The summed E-state index contributed by atoms with van der Waals surface area (Å²) >= 11 is 0. The summed E-state index contributed by atoms with van der Waals surface area (Å²) < 4.78 is 5.44. The maximum absolute atomic E-state index is 5.44. The molecule has 1 aromatic rings. The lowest BCUT2D eigenvalue weighted by Gasteiger charge is -2.30. The fourth-order valence-electron chi connectivity index (χ4n) is 2.29. The molecule has 100 valence electrons. The van der Waals surface area contributed by atoms with E-state index in [0.29, 0.717) is 24.5 Å². The molecule has 1 saturated heterocycles. The molecule has 0 amide bonds. The molecule has 1 N–H and O–H groups in total. The Morgan fingerprint density at radius 3 is 3.06 bits per heavy atom. The molecule has 1 aliphatic rings. The number of aryl methyl sites for hydroxylation is 1. The molecular formula is C13H22N4O. The van der Waals surface area contributed by atoms with Gasteiger partial charge in [0.25, 0.3) is 0 Å². The van der Waals surface area contributed by atoms with Crippen molar-refractivity contribution in [1.29, 1.82) is 0 Å². The molecule has 0 bridgehead atoms. The van der Waals surface area contributed by atoms with E-state index in [1.54, 1.807) is 0 Å². The number of nitrogens with one attached hydrogen (secondary N) is 1. The van der Waals surface area contributed by atoms with E-state index >= 15 is 0 Å². The summed E-state index contributed by atoms with van der Waals surface area (Å²) in [6.07, 6.45) is 2.39. The second-order valence-corrected chi connectivity index (χ2v) is 4.85. The van der Waals surface area contributed by atoms with Crippen molar-refractivity contribution < 1.29 is 4.74 Å². The van der Waals surface area contributed by atoms with E-state index in [2.05, 4.69) is 27.2 Å². The lowest BCUT2D eigenvalue weighted by molar-refractivity contribution is 0.260. The van der Waals surface area contributed by atoms with Crippen LogP contribution in [0.5, 0.6) is 5.88 Å². The average molecular weight is 250 g/mol. The Balaban J connectivity index is 2.03. The van der Waals surface area contributed by atoms with Crippen LogP contribution in [0, 0.1) is 6.92 Å². The number of rotatable bonds is 4. The summed E-state index contributed by atoms with van der Waals surface area (Å²) in [4.78, 5) is 11.1. The molecule has 0 aromatic carbocycles. The number of piperidine rings is 1. The molecule has 5 nitrogen and oxygen atoms in total. The number of aromatic nitrogens is 2. The summed E-state index contributed by atoms with van der Waals surface area (Å²) in [5, 5.41) is 3.41. The third-order valence-corrected chi connectivity index (χ3v) is 3.08. The Morgan fingerprint density at radius 2 is 2.33 bits per heavy atom. The van der Waals surface area contributed by atoms with Crippen LogP contribution in [-0.2, 0) is 0 Å². The first kappa shape index (κ1) is 13.1. The van der Waals surface area contributed by atoms with Crippen LogP contribution in [0.3, 0.4) is 0 Å². The van der Waals surface area contributed by atoms with Crippen LogP contribution in [0.4, 0.5) is 5.95 Å². The summed E-state index contributed by atoms with van der Waals surface area (Å²) in [7, 11) is 2.15. The Bertz CT molecular complexity index is 397. The summed E-state index contributed by atoms with van der Waals surface area (Å²) in [5.41, 5.74) is 0.931. The number of hydrogen-bond donors (Lipinski definition) is 1. The largest absolute Gasteiger partial charge is 0.478 e. The van der Waals surface area contributed by atoms with E-state index < -0.39 is 0 Å². The number of hydrogen-bond acceptors (Lipinski definition) is 5. The Hall–Kier alpha value is -1.36. The van der Waals surface area contributed by atoms with E-state index in [4.69, 9.17) is 4.74 Å². The van der Waals surface area contributed by atoms with E-state index in [0.717, 1.165) is 12.2 Å². The second-order valence-electron chi connectivity index (χ2n) is 4.85. The Labute approximate surface area is 109 Å². The Kier molecular flexibility index (Phi) is 4.36. The maximum atomic E-state index is 5.44. The van der Waals surface area contributed by atoms with Gasteiger partial charge in [-0.25, -0.2) is 4.98 Å². The van der Waals surface area contributed by atoms with Crippen LogP contribution in [0.25, 0.3) is 0 Å². The molecule has 1 atom stereocenters. The van der Waals surface area contributed by atoms with E-state index in [1.807, 2.05) is 19.9 Å². The minimum absolute atomic E-state index is 0.431. The topological polar surface area (TPSA) is 50.3 Å². The first-order valence-corrected chi connectivity index (χ1v) is 6.61. The lowest BCUT2D eigenvalue weighted by Crippen LogP contribution is -2.40. The zero-order valence-corrected chi connectivity index (χ0v) is 11.4. The van der Waals surface area contributed by atoms with Crippen molar-refractivity contribution in [3.05, 3.63) is 11.8 Å². The molecule has 0 saturated carbocycles. The van der Waals surface area contributed by atoms with Crippen LogP contribution in [0.15, 0.2) is 6.07 Å². The minimum Gasteiger partial charge on any atom is -0.478 e. The lowest BCUT2D eigenvalue weighted by atomic mass is 10.1. The van der Waals surface area contributed by atoms with Gasteiger partial charge in [0, 0.05) is 24.3 Å². The van der Waals surface area contributed by atoms with Crippen molar-refractivity contribution in [2.24, 2.45) is 0 Å². The average Bonchev–Trinajstić information content (AvgIpc) is 2.28. The smallest absolute Gasteiger partial charge is 0.226 e. The zero-order chi connectivity index (χ0) is 13.0. The monoisotopic (exact) mass is 250 g/mol. The normalized spacial score (nSPS) is 20.7. The number of ether oxygens (including phenoxy) is 1. The van der Waals surface area contributed by atoms with E-state index in [1.165, 1.54) is 19.4 Å². The van der Waals surface area contributed by atoms with Crippen molar-refractivity contribution in [2.45, 2.75) is 32.7 Å². The highest BCUT2D eigenvalue weighted by atomic mass is 16.5. The molecule has 1 fully saturated rings. The highest BCUT2D eigenvalue weighted by Crippen LogP contribution is 2.16. The number of likely N-dealkylation sites (tertiary alicyclic amines) is 1. The van der Waals surface area contributed by atoms with Crippen molar-refractivity contribution in [1.82, 2.24) is 14.9 Å². The van der Waals surface area contributed by atoms with Gasteiger partial charge in [-0.3, -0.25) is 0 Å². The van der Waals surface area contributed by atoms with Crippen LogP contribution in [0.2, 0.25) is 0 Å². The summed E-state index contributed by atoms with van der Waals surface area (Å²) in [6, 6.07) is 2.29. The first-order valence-electron chi connectivity index (χ1n) is 6.61. The van der Waals surface area contributed by atoms with E-state index in [9.17, 15) is 0 Å². The predicted molar refractivity (Wildman–Crippen MR) is 72.1 cm³/mol. The second kappa shape index (κ2) is 6.00. The first-order chi connectivity index (χ1) is 8.67. The molecule has 0 radical (unpaired) electrons. The van der Waals surface area contributed by atoms with Gasteiger partial charge < -0.3 is 15.0 Å². The molecule has 0 spiro atoms. The minimum atomic E-state index is 0.431. The zero-order valence-electron chi connectivity index (χ0n) is 11.4. The van der Waals surface area contributed by atoms with Gasteiger partial charge in [-0.1, -0.05) is 0 Å². The SMILES string of the molecule is CCOc1cc(C)nc(NC2CCCN(C)C2)n1. The van der Waals surface area contributed by atoms with Gasteiger partial charge in [-0.2, -0.15) is 4.98 Å². The van der Waals surface area contributed by atoms with Crippen molar-refractivity contribution in [3.8, 4) is 5.88 Å². The maximum Gasteiger partial charge on any atom is 0.226 e. The van der Waals surface area contributed by atoms with Crippen molar-refractivity contribution >= 4 is 5.95 Å². The van der Waals surface area contributed by atoms with Crippen LogP contribution >= 0.6 is 0 Å². The molecule has 5 heteroatoms. The number of anilines is 1. The molecule has 2 heterocycles. The Morgan fingerprint density at radius 1 is 1.50 bits per heavy atom. The van der Waals surface area contributed by atoms with Gasteiger partial charge in [0.05, 0.1) is 6.61 Å². The molecule has 2 rings (SSSR count). The van der Waals surface area contributed by atoms with Gasteiger partial charge >= 0.3 is 0 Å². The van der Waals surface area contributed by atoms with Crippen LogP contribution < -0.4 is 10.1 Å². The van der Waals surface area contributed by atoms with Gasteiger partial charge in [0.2, 0.25) is 11.8 Å². The molecular weight excluding hydrogens is 228 g/mol. The quantitative estimate of drug-likeness (QED) is 0.881. The third kappa shape index (κ3) is 3.57. The molecule has 18 heavy (non-hydrogen) atoms. The van der Waals surface area contributed by atoms with Crippen molar-refractivity contribution in [2.75, 3.05) is 32.1 Å². The van der Waals surface area contributed by atoms with E-state index in [-0.39, 0.29) is 0 Å². The summed E-state index contributed by atoms with van der Waals surface area (Å²) in [5.74, 6) is 1.33. The highest BCUT2D eigenvalue weighted by molar-refractivity contribution is 5.32. The molecule has 0 aliphatic carbocycles. The van der Waals surface area contributed by atoms with Gasteiger partial charge in [0.15, 0.2) is 0 Å². The standard InChI is InChI=1S/C13H22N4O/c1-4-18-12-8-10(2)14-13(16-12)15-11-6-5-7-17(3)9-11/h8,11H,4-7,9H2,1-3H3,(H,14,15,16). The van der Waals surface area contributed by atoms with Crippen LogP contribution in [-0.4, -0.2) is 47.7 Å². The fourth-order valence-corrected chi connectivity index (χ4v) is 2.29. The van der Waals surface area contributed by atoms with Gasteiger partial charge in [-0.15, -0.1) is 0 Å². The van der Waals surface area contributed by atoms with Gasteiger partial charge in [0.1, 0.15) is 0 Å². The number of likely N-dealkylation sites (N-methyl/N-ethyl adjacent to an activating group) is 1. The number of nitrogens with zero attached hydrogens (tertiary/aromatic N) is 3. The highest BCUT2D eigenvalue weighted by Gasteiger charge is 2.18. The van der Waals surface area contributed by atoms with Gasteiger partial charge in [-0.05, 0) is 40.3 Å². The predicted octanol–water partition coefficient (Wildman–Crippen LogP) is 1.69.